The van der Waals surface area contributed by atoms with Crippen LogP contribution in [0.1, 0.15) is 67.2 Å². The number of ether oxygens (including phenoxy) is 1. The molecule has 0 aromatic carbocycles. The van der Waals surface area contributed by atoms with Crippen LogP contribution >= 0.6 is 0 Å². The molecule has 8 heteroatoms. The molecule has 5 heterocycles. The summed E-state index contributed by atoms with van der Waals surface area (Å²) < 4.78 is 9.92. The number of fused-ring (bicyclic) bond motifs is 2. The van der Waals surface area contributed by atoms with Gasteiger partial charge in [-0.3, -0.25) is 4.68 Å². The summed E-state index contributed by atoms with van der Waals surface area (Å²) in [6.45, 7) is 8.94. The van der Waals surface area contributed by atoms with E-state index in [1.54, 1.807) is 6.33 Å². The zero-order chi connectivity index (χ0) is 19.4. The molecule has 28 heavy (non-hydrogen) atoms. The minimum Gasteiger partial charge on any atom is -0.372 e. The Morgan fingerprint density at radius 2 is 2.14 bits per heavy atom. The van der Waals surface area contributed by atoms with Crippen molar-refractivity contribution in [1.29, 1.82) is 0 Å². The van der Waals surface area contributed by atoms with Crippen LogP contribution in [-0.4, -0.2) is 42.5 Å². The summed E-state index contributed by atoms with van der Waals surface area (Å²) in [5.41, 5.74) is 5.85. The minimum atomic E-state index is 0.0402. The van der Waals surface area contributed by atoms with Gasteiger partial charge in [-0.05, 0) is 25.7 Å². The number of anilines is 1. The minimum absolute atomic E-state index is 0.0402. The molecule has 5 rings (SSSR count). The van der Waals surface area contributed by atoms with Gasteiger partial charge in [0.1, 0.15) is 29.5 Å². The maximum Gasteiger partial charge on any atom is 0.158 e. The lowest BCUT2D eigenvalue weighted by Gasteiger charge is -2.29. The molecule has 8 nitrogen and oxygen atoms in total. The number of aromatic nitrogens is 6. The van der Waals surface area contributed by atoms with Gasteiger partial charge in [0.15, 0.2) is 5.82 Å². The Bertz CT molecular complexity index is 1030. The molecule has 1 fully saturated rings. The van der Waals surface area contributed by atoms with Crippen LogP contribution in [0.25, 0.3) is 5.52 Å². The van der Waals surface area contributed by atoms with Gasteiger partial charge in [0.05, 0.1) is 5.69 Å². The lowest BCUT2D eigenvalue weighted by molar-refractivity contribution is 0.110. The molecule has 0 spiro atoms. The van der Waals surface area contributed by atoms with E-state index in [0.717, 1.165) is 61.8 Å². The average Bonchev–Trinajstić information content (AvgIpc) is 3.40. The molecule has 148 valence electrons. The van der Waals surface area contributed by atoms with E-state index in [0.29, 0.717) is 5.92 Å². The first-order valence-electron chi connectivity index (χ1n) is 10.2. The first kappa shape index (κ1) is 17.6. The second-order valence-corrected chi connectivity index (χ2v) is 8.15. The Labute approximate surface area is 164 Å². The molecule has 3 aromatic heterocycles. The van der Waals surface area contributed by atoms with Crippen molar-refractivity contribution in [3.63, 3.8) is 0 Å². The van der Waals surface area contributed by atoms with Gasteiger partial charge >= 0.3 is 0 Å². The van der Waals surface area contributed by atoms with Gasteiger partial charge < -0.3 is 9.64 Å². The third-order valence-electron chi connectivity index (χ3n) is 5.96. The predicted molar refractivity (Wildman–Crippen MR) is 105 cm³/mol. The average molecular weight is 381 g/mol. The summed E-state index contributed by atoms with van der Waals surface area (Å²) in [6.07, 6.45) is 4.72. The van der Waals surface area contributed by atoms with Crippen LogP contribution in [0.15, 0.2) is 6.33 Å². The van der Waals surface area contributed by atoms with Crippen molar-refractivity contribution >= 4 is 11.3 Å². The Balaban J connectivity index is 1.61. The van der Waals surface area contributed by atoms with E-state index in [9.17, 15) is 0 Å². The highest BCUT2D eigenvalue weighted by Crippen LogP contribution is 2.36. The SMILES string of the molecule is Cc1nc([C@H]2CCCO2)c2c(N3CCc4c(c(C(C)C)nn4C)C3)ncnn12. The van der Waals surface area contributed by atoms with Crippen LogP contribution in [-0.2, 0) is 24.8 Å². The van der Waals surface area contributed by atoms with Crippen molar-refractivity contribution in [3.8, 4) is 0 Å². The van der Waals surface area contributed by atoms with Gasteiger partial charge in [0, 0.05) is 44.4 Å². The summed E-state index contributed by atoms with van der Waals surface area (Å²) >= 11 is 0. The van der Waals surface area contributed by atoms with Crippen LogP contribution < -0.4 is 4.90 Å². The largest absolute Gasteiger partial charge is 0.372 e. The highest BCUT2D eigenvalue weighted by atomic mass is 16.5. The van der Waals surface area contributed by atoms with Crippen LogP contribution in [0.4, 0.5) is 5.82 Å². The molecule has 0 radical (unpaired) electrons. The fourth-order valence-corrected chi connectivity index (χ4v) is 4.60. The van der Waals surface area contributed by atoms with E-state index in [1.165, 1.54) is 17.0 Å². The predicted octanol–water partition coefficient (Wildman–Crippen LogP) is 2.70. The van der Waals surface area contributed by atoms with Crippen molar-refractivity contribution in [2.45, 2.75) is 58.6 Å². The summed E-state index contributed by atoms with van der Waals surface area (Å²) in [7, 11) is 2.05. The van der Waals surface area contributed by atoms with Crippen molar-refractivity contribution in [2.75, 3.05) is 18.1 Å². The molecule has 2 aliphatic heterocycles. The van der Waals surface area contributed by atoms with Crippen molar-refractivity contribution in [2.24, 2.45) is 7.05 Å². The van der Waals surface area contributed by atoms with E-state index in [-0.39, 0.29) is 6.10 Å². The van der Waals surface area contributed by atoms with E-state index in [4.69, 9.17) is 19.8 Å². The number of hydrogen-bond donors (Lipinski definition) is 0. The van der Waals surface area contributed by atoms with E-state index >= 15 is 0 Å². The van der Waals surface area contributed by atoms with E-state index < -0.39 is 0 Å². The van der Waals surface area contributed by atoms with Gasteiger partial charge in [-0.2, -0.15) is 10.2 Å². The Morgan fingerprint density at radius 3 is 2.89 bits per heavy atom. The van der Waals surface area contributed by atoms with Gasteiger partial charge in [-0.1, -0.05) is 13.8 Å². The number of rotatable bonds is 3. The Hall–Kier alpha value is -2.48. The van der Waals surface area contributed by atoms with E-state index in [2.05, 4.69) is 35.6 Å². The molecule has 1 saturated heterocycles. The molecule has 1 atom stereocenters. The molecule has 0 bridgehead atoms. The third-order valence-corrected chi connectivity index (χ3v) is 5.96. The lowest BCUT2D eigenvalue weighted by Crippen LogP contribution is -2.32. The van der Waals surface area contributed by atoms with Crippen LogP contribution in [0.3, 0.4) is 0 Å². The van der Waals surface area contributed by atoms with Crippen LogP contribution in [0.2, 0.25) is 0 Å². The smallest absolute Gasteiger partial charge is 0.158 e. The second kappa shape index (κ2) is 6.55. The first-order valence-corrected chi connectivity index (χ1v) is 10.2. The number of nitrogens with zero attached hydrogens (tertiary/aromatic N) is 7. The third kappa shape index (κ3) is 2.62. The van der Waals surface area contributed by atoms with Crippen molar-refractivity contribution in [1.82, 2.24) is 29.4 Å². The van der Waals surface area contributed by atoms with Gasteiger partial charge in [-0.25, -0.2) is 14.5 Å². The lowest BCUT2D eigenvalue weighted by atomic mass is 9.99. The van der Waals surface area contributed by atoms with Gasteiger partial charge in [0.25, 0.3) is 0 Å². The zero-order valence-corrected chi connectivity index (χ0v) is 17.0. The monoisotopic (exact) mass is 381 g/mol. The second-order valence-electron chi connectivity index (χ2n) is 8.15. The molecular formula is C20H27N7O. The normalized spacial score (nSPS) is 19.8. The van der Waals surface area contributed by atoms with Crippen LogP contribution in [0, 0.1) is 6.92 Å². The molecular weight excluding hydrogens is 354 g/mol. The first-order chi connectivity index (χ1) is 13.5. The highest BCUT2D eigenvalue weighted by molar-refractivity contribution is 5.73. The fourth-order valence-electron chi connectivity index (χ4n) is 4.60. The molecule has 3 aromatic rings. The molecule has 0 unspecified atom stereocenters. The van der Waals surface area contributed by atoms with Crippen molar-refractivity contribution < 1.29 is 4.74 Å². The summed E-state index contributed by atoms with van der Waals surface area (Å²) in [5, 5.41) is 9.25. The maximum atomic E-state index is 5.95. The molecule has 2 aliphatic rings. The standard InChI is InChI=1S/C20H27N7O/c1-12(2)17-14-10-26(8-7-15(14)25(4)24-17)20-19-18(16-6-5-9-28-16)23-13(3)27(19)22-11-21-20/h11-12,16H,5-10H2,1-4H3/t16-/m1/s1. The Kier molecular flexibility index (Phi) is 4.12. The fraction of sp³-hybridized carbons (Fsp3) is 0.600. The van der Waals surface area contributed by atoms with Gasteiger partial charge in [-0.15, -0.1) is 0 Å². The number of hydrogen-bond acceptors (Lipinski definition) is 6. The number of aryl methyl sites for hydroxylation is 2. The zero-order valence-electron chi connectivity index (χ0n) is 17.0. The highest BCUT2D eigenvalue weighted by Gasteiger charge is 2.30. The Morgan fingerprint density at radius 1 is 1.29 bits per heavy atom. The maximum absolute atomic E-state index is 5.95. The quantitative estimate of drug-likeness (QED) is 0.695. The van der Waals surface area contributed by atoms with Crippen molar-refractivity contribution in [3.05, 3.63) is 34.8 Å². The molecule has 0 N–H and O–H groups in total. The van der Waals surface area contributed by atoms with Crippen LogP contribution in [0.5, 0.6) is 0 Å². The summed E-state index contributed by atoms with van der Waals surface area (Å²) in [5.74, 6) is 2.23. The molecule has 0 amide bonds. The molecule has 0 saturated carbocycles. The summed E-state index contributed by atoms with van der Waals surface area (Å²) in [6, 6.07) is 0. The van der Waals surface area contributed by atoms with E-state index in [1.807, 2.05) is 11.4 Å². The summed E-state index contributed by atoms with van der Waals surface area (Å²) in [4.78, 5) is 11.9. The van der Waals surface area contributed by atoms with Gasteiger partial charge in [0.2, 0.25) is 0 Å². The molecule has 0 aliphatic carbocycles. The number of imidazole rings is 1. The topological polar surface area (TPSA) is 73.4 Å².